The topological polar surface area (TPSA) is 469 Å². The van der Waals surface area contributed by atoms with Gasteiger partial charge in [0.2, 0.25) is 25.3 Å². The molecule has 680 valence electrons. The predicted octanol–water partition coefficient (Wildman–Crippen LogP) is -1.53. The summed E-state index contributed by atoms with van der Waals surface area (Å²) in [5, 5.41) is 28.4. The normalized spacial score (nSPS) is 18.0. The summed E-state index contributed by atoms with van der Waals surface area (Å²) < 4.78 is 152. The molecule has 16 aromatic rings. The fraction of sp³-hybridized carbons (Fsp3) is 0.167. The minimum atomic E-state index is -4.94. The van der Waals surface area contributed by atoms with Crippen molar-refractivity contribution in [2.45, 2.75) is 99.7 Å². The lowest BCUT2D eigenvalue weighted by molar-refractivity contribution is -2.00. The van der Waals surface area contributed by atoms with E-state index in [4.69, 9.17) is 74.5 Å². The van der Waals surface area contributed by atoms with Crippen molar-refractivity contribution in [1.82, 2.24) is 39.1 Å². The lowest BCUT2D eigenvalue weighted by Crippen LogP contribution is -2.68. The minimum absolute atomic E-state index is 0.324. The average Bonchev–Trinajstić information content (AvgIpc) is 1.64. The predicted molar refractivity (Wildman–Crippen MR) is 438 cm³/mol. The third kappa shape index (κ3) is 28.5. The molecule has 4 aliphatic heterocycles. The van der Waals surface area contributed by atoms with E-state index in [1.807, 2.05) is 117 Å². The van der Waals surface area contributed by atoms with Crippen LogP contribution in [0, 0.1) is 41.0 Å². The number of halogens is 4. The van der Waals surface area contributed by atoms with Gasteiger partial charge in [0.1, 0.15) is 0 Å². The third-order valence-corrected chi connectivity index (χ3v) is 22.1. The van der Waals surface area contributed by atoms with Gasteiger partial charge in [-0.05, 0) is 165 Å². The molecular formula is C96H92Cl4N16O16. The summed E-state index contributed by atoms with van der Waals surface area (Å²) >= 11 is 0. The average molecular weight is 1870 g/mol. The summed E-state index contributed by atoms with van der Waals surface area (Å²) in [5.41, 5.74) is 15.0. The van der Waals surface area contributed by atoms with E-state index in [0.29, 0.717) is 48.3 Å². The van der Waals surface area contributed by atoms with Gasteiger partial charge in [-0.1, -0.05) is 334 Å². The van der Waals surface area contributed by atoms with Gasteiger partial charge in [-0.2, -0.15) is 0 Å². The number of nitrogens with zero attached hydrogens (tertiary/aromatic N) is 16. The summed E-state index contributed by atoms with van der Waals surface area (Å²) in [4.78, 5) is 0. The van der Waals surface area contributed by atoms with Crippen molar-refractivity contribution < 1.29 is 134 Å². The van der Waals surface area contributed by atoms with Crippen molar-refractivity contribution in [2.24, 2.45) is 0 Å². The molecule has 8 heterocycles. The van der Waals surface area contributed by atoms with Crippen LogP contribution < -0.4 is 113 Å². The van der Waals surface area contributed by atoms with E-state index < -0.39 is 41.0 Å². The second-order valence-electron chi connectivity index (χ2n) is 30.4. The van der Waals surface area contributed by atoms with E-state index in [2.05, 4.69) is 376 Å². The van der Waals surface area contributed by atoms with Gasteiger partial charge in [-0.25, -0.2) is 94.6 Å². The Balaban J connectivity index is 0.000000140. The van der Waals surface area contributed by atoms with Crippen molar-refractivity contribution >= 4 is 0 Å². The molecule has 0 unspecified atom stereocenters. The first-order valence-electron chi connectivity index (χ1n) is 41.7. The Hall–Kier alpha value is -13.1. The molecule has 4 aliphatic rings. The molecule has 0 radical (unpaired) electrons. The van der Waals surface area contributed by atoms with Gasteiger partial charge in [0.05, 0.1) is 48.3 Å². The van der Waals surface area contributed by atoms with Crippen molar-refractivity contribution in [3.8, 4) is 22.7 Å². The maximum Gasteiger partial charge on any atom is 0.295 e. The highest BCUT2D eigenvalue weighted by molar-refractivity contribution is 5.38. The maximum absolute atomic E-state index is 8.49. The van der Waals surface area contributed by atoms with Crippen LogP contribution in [0.1, 0.15) is 144 Å². The van der Waals surface area contributed by atoms with Crippen LogP contribution >= 0.6 is 0 Å². The highest BCUT2D eigenvalue weighted by Crippen LogP contribution is 2.46. The van der Waals surface area contributed by atoms with Crippen molar-refractivity contribution in [3.05, 3.63) is 459 Å². The number of hydrogen-bond acceptors (Lipinski definition) is 24. The smallest absolute Gasteiger partial charge is 0.227 e. The molecule has 36 heteroatoms. The van der Waals surface area contributed by atoms with Crippen LogP contribution in [0.5, 0.6) is 0 Å². The summed E-state index contributed by atoms with van der Waals surface area (Å²) in [6.07, 6.45) is 24.9. The highest BCUT2D eigenvalue weighted by Gasteiger charge is 2.44. The summed E-state index contributed by atoms with van der Waals surface area (Å²) in [6.45, 7) is 0. The molecule has 0 N–H and O–H groups in total. The van der Waals surface area contributed by atoms with Gasteiger partial charge in [0.25, 0.3) is 25.3 Å². The molecule has 0 aliphatic carbocycles. The molecular weight excluding hydrogens is 1770 g/mol. The molecule has 4 fully saturated rings. The van der Waals surface area contributed by atoms with Crippen LogP contribution in [0.3, 0.4) is 0 Å². The Labute approximate surface area is 770 Å². The largest absolute Gasteiger partial charge is 0.295 e. The first kappa shape index (κ1) is 96.5. The van der Waals surface area contributed by atoms with Crippen LogP contribution in [-0.4, -0.2) is 39.1 Å². The SMILES string of the molecule is [O-][Cl+3]([O-])([O-])[O-].[O-][Cl+3]([O-])([O-])[O-].[O-][Cl+3]([O-])([O-])[O-].[O-][Cl+3]([O-])([O-])[O-].c1ccc([C@@H]2CC[C@@H](c3ccccc3)N2n2cn[n+](-c3ccccc3)c2)cc1.c1ccc([C@@H]2CC[C@@H](c3ccccc3)N2n2cn[n+](-c3ccccc3)c2)cc1.c1ccc([C@@H]2CC[C@@H](c3ccccc3)N2n2cn[n+](-c3ccccc3)c2)cc1.c1ccc([C@@H]2CC[C@@H](c3ccccc3)N2n2cn[n+](-c3ccccc3)c2)cc1. The summed E-state index contributed by atoms with van der Waals surface area (Å²) in [7, 11) is -19.8. The monoisotopic (exact) mass is 1860 g/mol. The quantitative estimate of drug-likeness (QED) is 0.0991. The lowest BCUT2D eigenvalue weighted by Gasteiger charge is -2.28. The zero-order valence-corrected chi connectivity index (χ0v) is 73.8. The van der Waals surface area contributed by atoms with E-state index in [9.17, 15) is 0 Å². The molecule has 32 nitrogen and oxygen atoms in total. The van der Waals surface area contributed by atoms with Crippen LogP contribution in [0.25, 0.3) is 22.7 Å². The number of benzene rings is 12. The highest BCUT2D eigenvalue weighted by atomic mass is 35.7. The van der Waals surface area contributed by atoms with Crippen LogP contribution in [-0.2, 0) is 0 Å². The van der Waals surface area contributed by atoms with Crippen molar-refractivity contribution in [1.29, 1.82) is 0 Å². The number of hydrogen-bond donors (Lipinski definition) is 0. The van der Waals surface area contributed by atoms with Gasteiger partial charge in [0, 0.05) is 0 Å². The first-order chi connectivity index (χ1) is 63.6. The summed E-state index contributed by atoms with van der Waals surface area (Å²) in [5.74, 6) is 0. The van der Waals surface area contributed by atoms with Crippen LogP contribution in [0.15, 0.2) is 415 Å². The van der Waals surface area contributed by atoms with Crippen molar-refractivity contribution in [2.75, 3.05) is 20.0 Å². The second kappa shape index (κ2) is 46.1. The Morgan fingerprint density at radius 1 is 0.174 bits per heavy atom. The molecule has 0 amide bonds. The van der Waals surface area contributed by atoms with E-state index in [-0.39, 0.29) is 0 Å². The Morgan fingerprint density at radius 2 is 0.280 bits per heavy atom. The zero-order valence-electron chi connectivity index (χ0n) is 70.7. The molecule has 20 rings (SSSR count). The number of rotatable bonds is 16. The molecule has 0 bridgehead atoms. The molecule has 0 spiro atoms. The van der Waals surface area contributed by atoms with Gasteiger partial charge in [-0.3, -0.25) is 0 Å². The molecule has 0 saturated carbocycles. The van der Waals surface area contributed by atoms with Crippen LogP contribution in [0.2, 0.25) is 0 Å². The molecule has 132 heavy (non-hydrogen) atoms. The van der Waals surface area contributed by atoms with E-state index in [0.717, 1.165) is 74.1 Å². The first-order valence-corrected chi connectivity index (χ1v) is 46.6. The zero-order chi connectivity index (χ0) is 93.0. The van der Waals surface area contributed by atoms with Crippen LogP contribution in [0.4, 0.5) is 0 Å². The Kier molecular flexibility index (Phi) is 33.7. The van der Waals surface area contributed by atoms with Gasteiger partial charge < -0.3 is 0 Å². The summed E-state index contributed by atoms with van der Waals surface area (Å²) in [6, 6.07) is 130. The Bertz CT molecular complexity index is 5070. The third-order valence-electron chi connectivity index (χ3n) is 22.1. The number of para-hydroxylation sites is 4. The lowest BCUT2D eigenvalue weighted by atomic mass is 10.0. The van der Waals surface area contributed by atoms with E-state index >= 15 is 0 Å². The van der Waals surface area contributed by atoms with Gasteiger partial charge in [0.15, 0.2) is 22.7 Å². The number of aromatic nitrogens is 12. The van der Waals surface area contributed by atoms with E-state index in [1.165, 1.54) is 44.5 Å². The minimum Gasteiger partial charge on any atom is -0.227 e. The standard InChI is InChI=1S/4C24H23N4.4ClHO4/c4*1-4-10-20(11-5-1)23-16-17-24(21-12-6-2-7-13-21)28(23)26-18-25-27(19-26)22-14-8-3-9-15-22;4*2-1(3,4)5/h4*1-15,18-19,23-24H,16-17H2;4*(H,2,3,4,5)/q4*+1;;;;/p-4/t4*23-,24-;;;;/m0000..../s1. The molecule has 4 saturated heterocycles. The molecule has 8 atom stereocenters. The Morgan fingerprint density at radius 3 is 0.394 bits per heavy atom. The van der Waals surface area contributed by atoms with Crippen molar-refractivity contribution in [3.63, 3.8) is 0 Å². The van der Waals surface area contributed by atoms with Gasteiger partial charge in [-0.15, -0.1) is 59.7 Å². The van der Waals surface area contributed by atoms with E-state index in [1.54, 1.807) is 0 Å². The second-order valence-corrected chi connectivity index (χ2v) is 33.4. The fourth-order valence-electron chi connectivity index (χ4n) is 16.9. The molecule has 12 aromatic carbocycles. The van der Waals surface area contributed by atoms with Gasteiger partial charge >= 0.3 is 0 Å². The maximum atomic E-state index is 8.49. The molecule has 4 aromatic heterocycles. The fourth-order valence-corrected chi connectivity index (χ4v) is 16.9.